The number of amides is 2. The number of halogens is 1. The van der Waals surface area contributed by atoms with E-state index in [2.05, 4.69) is 10.6 Å². The summed E-state index contributed by atoms with van der Waals surface area (Å²) in [7, 11) is 1.59. The van der Waals surface area contributed by atoms with Crippen molar-refractivity contribution in [3.05, 3.63) is 30.1 Å². The Morgan fingerprint density at radius 1 is 1.45 bits per heavy atom. The van der Waals surface area contributed by atoms with Crippen molar-refractivity contribution in [3.8, 4) is 0 Å². The molecule has 1 aromatic rings. The molecule has 2 rings (SSSR count). The molecular weight excluding hydrogens is 261 g/mol. The van der Waals surface area contributed by atoms with Crippen molar-refractivity contribution >= 4 is 17.5 Å². The first-order valence-corrected chi connectivity index (χ1v) is 6.61. The Bertz CT molecular complexity index is 507. The lowest BCUT2D eigenvalue weighted by atomic mass is 10.2. The Morgan fingerprint density at radius 2 is 2.25 bits per heavy atom. The Balaban J connectivity index is 1.92. The van der Waals surface area contributed by atoms with E-state index in [0.717, 1.165) is 12.8 Å². The van der Waals surface area contributed by atoms with Gasteiger partial charge in [-0.3, -0.25) is 14.5 Å². The fraction of sp³-hybridized carbons (Fsp3) is 0.429. The first kappa shape index (κ1) is 14.5. The second-order valence-electron chi connectivity index (χ2n) is 4.80. The van der Waals surface area contributed by atoms with Crippen LogP contribution in [0.2, 0.25) is 0 Å². The summed E-state index contributed by atoms with van der Waals surface area (Å²) >= 11 is 0. The van der Waals surface area contributed by atoms with Gasteiger partial charge in [0.1, 0.15) is 5.82 Å². The average molecular weight is 279 g/mol. The molecule has 6 heteroatoms. The van der Waals surface area contributed by atoms with Crippen LogP contribution in [0.3, 0.4) is 0 Å². The van der Waals surface area contributed by atoms with Crippen LogP contribution < -0.4 is 10.6 Å². The van der Waals surface area contributed by atoms with Gasteiger partial charge in [-0.25, -0.2) is 4.39 Å². The Morgan fingerprint density at radius 3 is 2.95 bits per heavy atom. The van der Waals surface area contributed by atoms with Gasteiger partial charge in [0, 0.05) is 12.7 Å². The molecule has 1 aromatic carbocycles. The van der Waals surface area contributed by atoms with Crippen LogP contribution in [-0.2, 0) is 9.59 Å². The van der Waals surface area contributed by atoms with Crippen molar-refractivity contribution in [2.75, 3.05) is 25.5 Å². The molecule has 1 heterocycles. The smallest absolute Gasteiger partial charge is 0.238 e. The second kappa shape index (κ2) is 6.47. The van der Waals surface area contributed by atoms with Crippen LogP contribution >= 0.6 is 0 Å². The predicted molar refractivity (Wildman–Crippen MR) is 73.7 cm³/mol. The molecule has 0 saturated carbocycles. The molecule has 5 nitrogen and oxygen atoms in total. The molecule has 1 fully saturated rings. The molecule has 1 aliphatic heterocycles. The minimum absolute atomic E-state index is 0.0685. The van der Waals surface area contributed by atoms with Gasteiger partial charge in [0.05, 0.1) is 12.6 Å². The van der Waals surface area contributed by atoms with Crippen molar-refractivity contribution in [3.63, 3.8) is 0 Å². The first-order chi connectivity index (χ1) is 9.60. The highest BCUT2D eigenvalue weighted by atomic mass is 19.1. The maximum atomic E-state index is 13.0. The maximum absolute atomic E-state index is 13.0. The van der Waals surface area contributed by atoms with E-state index in [1.165, 1.54) is 18.2 Å². The van der Waals surface area contributed by atoms with Gasteiger partial charge >= 0.3 is 0 Å². The van der Waals surface area contributed by atoms with Crippen LogP contribution in [0.4, 0.5) is 10.1 Å². The summed E-state index contributed by atoms with van der Waals surface area (Å²) in [6.07, 6.45) is 1.65. The van der Waals surface area contributed by atoms with E-state index < -0.39 is 5.82 Å². The summed E-state index contributed by atoms with van der Waals surface area (Å²) < 4.78 is 13.0. The minimum atomic E-state index is -0.396. The quantitative estimate of drug-likeness (QED) is 0.863. The molecule has 0 spiro atoms. The molecule has 1 aliphatic rings. The Labute approximate surface area is 117 Å². The molecule has 2 amide bonds. The predicted octanol–water partition coefficient (Wildman–Crippen LogP) is 0.975. The monoisotopic (exact) mass is 279 g/mol. The van der Waals surface area contributed by atoms with E-state index in [0.29, 0.717) is 12.2 Å². The highest BCUT2D eigenvalue weighted by molar-refractivity contribution is 5.93. The van der Waals surface area contributed by atoms with Crippen molar-refractivity contribution in [2.24, 2.45) is 0 Å². The Kier molecular flexibility index (Phi) is 4.68. The van der Waals surface area contributed by atoms with Gasteiger partial charge in [0.15, 0.2) is 0 Å². The van der Waals surface area contributed by atoms with Gasteiger partial charge in [-0.05, 0) is 37.6 Å². The number of likely N-dealkylation sites (tertiary alicyclic amines) is 1. The van der Waals surface area contributed by atoms with Gasteiger partial charge in [0.2, 0.25) is 11.8 Å². The summed E-state index contributed by atoms with van der Waals surface area (Å²) in [6, 6.07) is 5.49. The van der Waals surface area contributed by atoms with E-state index in [9.17, 15) is 14.0 Å². The number of nitrogens with zero attached hydrogens (tertiary/aromatic N) is 1. The summed E-state index contributed by atoms with van der Waals surface area (Å²) in [5.74, 6) is -0.709. The zero-order chi connectivity index (χ0) is 14.5. The lowest BCUT2D eigenvalue weighted by Crippen LogP contribution is -2.45. The third-order valence-electron chi connectivity index (χ3n) is 3.37. The van der Waals surface area contributed by atoms with Crippen molar-refractivity contribution < 1.29 is 14.0 Å². The number of benzene rings is 1. The molecular formula is C14H18FN3O2. The summed E-state index contributed by atoms with van der Waals surface area (Å²) in [5.41, 5.74) is 0.422. The number of hydrogen-bond acceptors (Lipinski definition) is 3. The highest BCUT2D eigenvalue weighted by Gasteiger charge is 2.31. The maximum Gasteiger partial charge on any atom is 0.238 e. The second-order valence-corrected chi connectivity index (χ2v) is 4.80. The number of anilines is 1. The van der Waals surface area contributed by atoms with Crippen molar-refractivity contribution in [1.29, 1.82) is 0 Å². The van der Waals surface area contributed by atoms with Gasteiger partial charge < -0.3 is 10.6 Å². The van der Waals surface area contributed by atoms with E-state index >= 15 is 0 Å². The molecule has 1 unspecified atom stereocenters. The summed E-state index contributed by atoms with van der Waals surface area (Å²) in [6.45, 7) is 0.850. The van der Waals surface area contributed by atoms with E-state index in [1.54, 1.807) is 13.1 Å². The highest BCUT2D eigenvalue weighted by Crippen LogP contribution is 2.17. The number of carbonyl (C=O) groups excluding carboxylic acids is 2. The molecule has 0 bridgehead atoms. The standard InChI is InChI=1S/C14H18FN3O2/c1-16-14(20)12-6-3-7-18(12)9-13(19)17-11-5-2-4-10(15)8-11/h2,4-5,8,12H,3,6-7,9H2,1H3,(H,16,20)(H,17,19). The lowest BCUT2D eigenvalue weighted by molar-refractivity contribution is -0.126. The van der Waals surface area contributed by atoms with Gasteiger partial charge in [-0.2, -0.15) is 0 Å². The molecule has 1 saturated heterocycles. The van der Waals surface area contributed by atoms with E-state index in [-0.39, 0.29) is 24.4 Å². The SMILES string of the molecule is CNC(=O)C1CCCN1CC(=O)Nc1cccc(F)c1. The number of likely N-dealkylation sites (N-methyl/N-ethyl adjacent to an activating group) is 1. The molecule has 108 valence electrons. The zero-order valence-electron chi connectivity index (χ0n) is 11.4. The third-order valence-corrected chi connectivity index (χ3v) is 3.37. The molecule has 20 heavy (non-hydrogen) atoms. The third kappa shape index (κ3) is 3.54. The number of hydrogen-bond donors (Lipinski definition) is 2. The average Bonchev–Trinajstić information content (AvgIpc) is 2.85. The van der Waals surface area contributed by atoms with Crippen LogP contribution in [-0.4, -0.2) is 42.9 Å². The van der Waals surface area contributed by atoms with Crippen molar-refractivity contribution in [2.45, 2.75) is 18.9 Å². The van der Waals surface area contributed by atoms with Gasteiger partial charge in [0.25, 0.3) is 0 Å². The molecule has 0 aliphatic carbocycles. The summed E-state index contributed by atoms with van der Waals surface area (Å²) in [4.78, 5) is 25.4. The van der Waals surface area contributed by atoms with Gasteiger partial charge in [-0.15, -0.1) is 0 Å². The largest absolute Gasteiger partial charge is 0.358 e. The molecule has 2 N–H and O–H groups in total. The fourth-order valence-electron chi connectivity index (χ4n) is 2.43. The summed E-state index contributed by atoms with van der Waals surface area (Å²) in [5, 5.41) is 5.24. The lowest BCUT2D eigenvalue weighted by Gasteiger charge is -2.22. The number of rotatable bonds is 4. The zero-order valence-corrected chi connectivity index (χ0v) is 11.4. The number of nitrogens with one attached hydrogen (secondary N) is 2. The normalized spacial score (nSPS) is 18.8. The first-order valence-electron chi connectivity index (χ1n) is 6.61. The molecule has 0 aromatic heterocycles. The van der Waals surface area contributed by atoms with Crippen LogP contribution in [0.1, 0.15) is 12.8 Å². The van der Waals surface area contributed by atoms with Crippen LogP contribution in [0, 0.1) is 5.82 Å². The van der Waals surface area contributed by atoms with E-state index in [1.807, 2.05) is 4.90 Å². The van der Waals surface area contributed by atoms with Crippen LogP contribution in [0.15, 0.2) is 24.3 Å². The minimum Gasteiger partial charge on any atom is -0.358 e. The van der Waals surface area contributed by atoms with Crippen molar-refractivity contribution in [1.82, 2.24) is 10.2 Å². The number of carbonyl (C=O) groups is 2. The van der Waals surface area contributed by atoms with E-state index in [4.69, 9.17) is 0 Å². The topological polar surface area (TPSA) is 61.4 Å². The van der Waals surface area contributed by atoms with Crippen LogP contribution in [0.25, 0.3) is 0 Å². The molecule has 1 atom stereocenters. The van der Waals surface area contributed by atoms with Crippen LogP contribution in [0.5, 0.6) is 0 Å². The Hall–Kier alpha value is -1.95. The van der Waals surface area contributed by atoms with Gasteiger partial charge in [-0.1, -0.05) is 6.07 Å². The molecule has 0 radical (unpaired) electrons. The fourth-order valence-corrected chi connectivity index (χ4v) is 2.43.